The maximum Gasteiger partial charge on any atom is 0.252 e. The first kappa shape index (κ1) is 26.7. The van der Waals surface area contributed by atoms with Crippen LogP contribution in [0.3, 0.4) is 0 Å². The molecule has 3 rings (SSSR count). The van der Waals surface area contributed by atoms with Crippen molar-refractivity contribution >= 4 is 44.1 Å². The normalized spacial score (nSPS) is 20.5. The highest BCUT2D eigenvalue weighted by molar-refractivity contribution is 6.48. The second-order valence-electron chi connectivity index (χ2n) is 10.4. The quantitative estimate of drug-likeness (QED) is 0.461. The highest BCUT2D eigenvalue weighted by Gasteiger charge is 2.51. The molecule has 34 heavy (non-hydrogen) atoms. The molecule has 1 aliphatic rings. The molecule has 2 amide bonds. The summed E-state index contributed by atoms with van der Waals surface area (Å²) in [6.07, 6.45) is 0.504. The molecule has 2 atom stereocenters. The van der Waals surface area contributed by atoms with Gasteiger partial charge in [0.1, 0.15) is 11.1 Å². The lowest BCUT2D eigenvalue weighted by molar-refractivity contribution is -0.138. The van der Waals surface area contributed by atoms with Crippen molar-refractivity contribution in [1.82, 2.24) is 10.2 Å². The monoisotopic (exact) mass is 519 g/mol. The van der Waals surface area contributed by atoms with Crippen LogP contribution in [0.25, 0.3) is 0 Å². The van der Waals surface area contributed by atoms with Gasteiger partial charge in [0.05, 0.1) is 6.54 Å². The number of nitrogens with zero attached hydrogens (tertiary/aromatic N) is 1. The van der Waals surface area contributed by atoms with Gasteiger partial charge in [0.2, 0.25) is 14.9 Å². The number of carbonyl (C=O) groups is 2. The van der Waals surface area contributed by atoms with Gasteiger partial charge in [-0.2, -0.15) is 0 Å². The van der Waals surface area contributed by atoms with Crippen LogP contribution in [-0.2, 0) is 14.8 Å². The number of carbonyl (C=O) groups excluding carboxylic acids is 2. The van der Waals surface area contributed by atoms with Gasteiger partial charge in [0, 0.05) is 22.2 Å². The summed E-state index contributed by atoms with van der Waals surface area (Å²) in [7, 11) is -1.14. The van der Waals surface area contributed by atoms with E-state index in [1.807, 2.05) is 29.2 Å². The van der Waals surface area contributed by atoms with E-state index in [1.54, 1.807) is 31.2 Å². The predicted molar refractivity (Wildman–Crippen MR) is 140 cm³/mol. The summed E-state index contributed by atoms with van der Waals surface area (Å²) in [6.45, 7) is 13.2. The minimum absolute atomic E-state index is 0.122. The molecule has 2 aromatic rings. The van der Waals surface area contributed by atoms with Crippen LogP contribution < -0.4 is 5.32 Å². The largest absolute Gasteiger partial charge is 0.405 e. The van der Waals surface area contributed by atoms with Gasteiger partial charge in [-0.15, -0.1) is 0 Å². The Bertz CT molecular complexity index is 1070. The van der Waals surface area contributed by atoms with E-state index < -0.39 is 20.2 Å². The molecular formula is C26H33Cl2N2O3Si. The lowest BCUT2D eigenvalue weighted by atomic mass is 9.71. The third-order valence-electron chi connectivity index (χ3n) is 6.41. The Morgan fingerprint density at radius 1 is 1.12 bits per heavy atom. The van der Waals surface area contributed by atoms with Crippen LogP contribution in [0, 0.1) is 5.41 Å². The standard InChI is InChI=1S/C26H33Cl2N2O3Si/c1-24(2,3)26(33-34(5)6,19-10-8-12-21(28)16-19)17-30-14-13-25(4,23(30)32)29-22(31)18-9-7-11-20(27)15-18/h7-12,15-16H,13-14,17H2,1-6H3,(H,29,31). The van der Waals surface area contributed by atoms with Gasteiger partial charge in [0.15, 0.2) is 0 Å². The molecule has 0 spiro atoms. The molecule has 2 aromatic carbocycles. The maximum absolute atomic E-state index is 13.7. The second kappa shape index (κ2) is 10.0. The molecule has 1 fully saturated rings. The zero-order chi connectivity index (χ0) is 25.3. The molecule has 1 heterocycles. The number of hydrogen-bond donors (Lipinski definition) is 1. The zero-order valence-electron chi connectivity index (χ0n) is 20.7. The van der Waals surface area contributed by atoms with Crippen molar-refractivity contribution in [2.75, 3.05) is 13.1 Å². The number of hydrogen-bond acceptors (Lipinski definition) is 3. The molecule has 1 aliphatic heterocycles. The van der Waals surface area contributed by atoms with Crippen LogP contribution >= 0.6 is 23.2 Å². The van der Waals surface area contributed by atoms with E-state index in [4.69, 9.17) is 27.6 Å². The molecule has 0 bridgehead atoms. The van der Waals surface area contributed by atoms with Crippen molar-refractivity contribution in [3.05, 3.63) is 69.7 Å². The van der Waals surface area contributed by atoms with E-state index in [9.17, 15) is 9.59 Å². The van der Waals surface area contributed by atoms with Gasteiger partial charge in [-0.25, -0.2) is 0 Å². The Labute approximate surface area is 214 Å². The van der Waals surface area contributed by atoms with E-state index in [1.165, 1.54) is 0 Å². The predicted octanol–water partition coefficient (Wildman–Crippen LogP) is 5.92. The fraction of sp³-hybridized carbons (Fsp3) is 0.462. The van der Waals surface area contributed by atoms with Gasteiger partial charge < -0.3 is 14.6 Å². The van der Waals surface area contributed by atoms with Gasteiger partial charge in [0.25, 0.3) is 5.91 Å². The third-order valence-corrected chi connectivity index (χ3v) is 7.64. The molecule has 1 N–H and O–H groups in total. The summed E-state index contributed by atoms with van der Waals surface area (Å²) in [6, 6.07) is 14.4. The van der Waals surface area contributed by atoms with E-state index >= 15 is 0 Å². The van der Waals surface area contributed by atoms with Gasteiger partial charge in [-0.3, -0.25) is 9.59 Å². The summed E-state index contributed by atoms with van der Waals surface area (Å²) in [4.78, 5) is 28.4. The van der Waals surface area contributed by atoms with Crippen molar-refractivity contribution in [2.45, 2.75) is 58.3 Å². The fourth-order valence-electron chi connectivity index (χ4n) is 4.50. The zero-order valence-corrected chi connectivity index (χ0v) is 23.2. The number of likely N-dealkylation sites (tertiary alicyclic amines) is 1. The Morgan fingerprint density at radius 2 is 1.74 bits per heavy atom. The number of halogens is 2. The van der Waals surface area contributed by atoms with Crippen LogP contribution in [0.2, 0.25) is 23.1 Å². The van der Waals surface area contributed by atoms with Crippen molar-refractivity contribution in [2.24, 2.45) is 5.41 Å². The first-order chi connectivity index (χ1) is 15.8. The SMILES string of the molecule is C[Si](C)OC(CN1CCC(C)(NC(=O)c2cccc(Cl)c2)C1=O)(c1cccc(Cl)c1)C(C)(C)C. The number of benzene rings is 2. The van der Waals surface area contributed by atoms with Crippen LogP contribution in [0.15, 0.2) is 48.5 Å². The highest BCUT2D eigenvalue weighted by Crippen LogP contribution is 2.45. The van der Waals surface area contributed by atoms with Crippen LogP contribution in [-0.4, -0.2) is 44.4 Å². The molecule has 0 aliphatic carbocycles. The van der Waals surface area contributed by atoms with Crippen molar-refractivity contribution in [1.29, 1.82) is 0 Å². The first-order valence-electron chi connectivity index (χ1n) is 11.4. The first-order valence-corrected chi connectivity index (χ1v) is 14.6. The molecule has 0 saturated carbocycles. The molecule has 1 radical (unpaired) electrons. The summed E-state index contributed by atoms with van der Waals surface area (Å²) < 4.78 is 6.73. The molecule has 1 saturated heterocycles. The summed E-state index contributed by atoms with van der Waals surface area (Å²) in [5.74, 6) is -0.441. The lowest BCUT2D eigenvalue weighted by Crippen LogP contribution is -2.56. The minimum Gasteiger partial charge on any atom is -0.405 e. The molecule has 5 nitrogen and oxygen atoms in total. The Hall–Kier alpha value is -1.86. The van der Waals surface area contributed by atoms with Crippen molar-refractivity contribution in [3.8, 4) is 0 Å². The second-order valence-corrected chi connectivity index (χ2v) is 13.3. The third kappa shape index (κ3) is 5.51. The van der Waals surface area contributed by atoms with E-state index in [2.05, 4.69) is 39.2 Å². The van der Waals surface area contributed by atoms with E-state index in [0.29, 0.717) is 35.1 Å². The Balaban J connectivity index is 1.92. The summed E-state index contributed by atoms with van der Waals surface area (Å²) in [5.41, 5.74) is -0.724. The fourth-order valence-corrected chi connectivity index (χ4v) is 6.06. The molecule has 8 heteroatoms. The number of nitrogens with one attached hydrogen (secondary N) is 1. The summed E-state index contributed by atoms with van der Waals surface area (Å²) in [5, 5.41) is 4.05. The molecule has 183 valence electrons. The smallest absolute Gasteiger partial charge is 0.252 e. The average Bonchev–Trinajstić information content (AvgIpc) is 3.00. The number of rotatable bonds is 7. The average molecular weight is 521 g/mol. The van der Waals surface area contributed by atoms with Crippen LogP contribution in [0.5, 0.6) is 0 Å². The van der Waals surface area contributed by atoms with E-state index in [0.717, 1.165) is 5.56 Å². The summed E-state index contributed by atoms with van der Waals surface area (Å²) >= 11 is 12.4. The Kier molecular flexibility index (Phi) is 7.88. The topological polar surface area (TPSA) is 58.6 Å². The molecule has 2 unspecified atom stereocenters. The van der Waals surface area contributed by atoms with Gasteiger partial charge in [-0.1, -0.05) is 62.2 Å². The highest BCUT2D eigenvalue weighted by atomic mass is 35.5. The Morgan fingerprint density at radius 3 is 2.29 bits per heavy atom. The molecular weight excluding hydrogens is 487 g/mol. The van der Waals surface area contributed by atoms with E-state index in [-0.39, 0.29) is 17.2 Å². The van der Waals surface area contributed by atoms with Gasteiger partial charge in [-0.05, 0) is 67.7 Å². The maximum atomic E-state index is 13.7. The molecule has 0 aromatic heterocycles. The van der Waals surface area contributed by atoms with Crippen LogP contribution in [0.4, 0.5) is 0 Å². The van der Waals surface area contributed by atoms with Crippen molar-refractivity contribution < 1.29 is 14.0 Å². The van der Waals surface area contributed by atoms with Crippen molar-refractivity contribution in [3.63, 3.8) is 0 Å². The van der Waals surface area contributed by atoms with Crippen LogP contribution in [0.1, 0.15) is 50.0 Å². The number of amides is 2. The van der Waals surface area contributed by atoms with Gasteiger partial charge >= 0.3 is 0 Å². The lowest BCUT2D eigenvalue weighted by Gasteiger charge is -2.48. The minimum atomic E-state index is -1.14.